The second kappa shape index (κ2) is 9.35. The first-order valence-electron chi connectivity index (χ1n) is 11.2. The van der Waals surface area contributed by atoms with Gasteiger partial charge in [-0.2, -0.15) is 0 Å². The molecule has 33 heavy (non-hydrogen) atoms. The molecule has 3 atom stereocenters. The van der Waals surface area contributed by atoms with Gasteiger partial charge in [-0.05, 0) is 42.0 Å². The van der Waals surface area contributed by atoms with Crippen molar-refractivity contribution in [3.05, 3.63) is 45.1 Å². The number of nitrogens with zero attached hydrogens (tertiary/aromatic N) is 4. The number of aliphatic hydroxyl groups is 1. The van der Waals surface area contributed by atoms with Crippen LogP contribution in [0.1, 0.15) is 63.3 Å². The molecule has 0 spiro atoms. The van der Waals surface area contributed by atoms with Crippen molar-refractivity contribution in [1.29, 1.82) is 0 Å². The summed E-state index contributed by atoms with van der Waals surface area (Å²) in [5.41, 5.74) is 1.20. The summed E-state index contributed by atoms with van der Waals surface area (Å²) in [5.74, 6) is -0.140. The molecule has 0 bridgehead atoms. The fraction of sp³-hybridized carbons (Fsp3) is 0.565. The van der Waals surface area contributed by atoms with Gasteiger partial charge >= 0.3 is 0 Å². The third-order valence-electron chi connectivity index (χ3n) is 6.17. The lowest BCUT2D eigenvalue weighted by molar-refractivity contribution is -0.144. The summed E-state index contributed by atoms with van der Waals surface area (Å²) in [6.07, 6.45) is 3.45. The molecule has 8 nitrogen and oxygen atoms in total. The van der Waals surface area contributed by atoms with Crippen molar-refractivity contribution < 1.29 is 14.7 Å². The van der Waals surface area contributed by atoms with Crippen molar-refractivity contribution >= 4 is 39.3 Å². The summed E-state index contributed by atoms with van der Waals surface area (Å²) in [5, 5.41) is 22.3. The zero-order chi connectivity index (χ0) is 23.9. The molecule has 1 aromatic carbocycles. The summed E-state index contributed by atoms with van der Waals surface area (Å²) in [6.45, 7) is 6.22. The molecule has 2 fully saturated rings. The van der Waals surface area contributed by atoms with E-state index in [4.69, 9.17) is 11.6 Å². The van der Waals surface area contributed by atoms with Crippen LogP contribution in [0.4, 0.5) is 0 Å². The quantitative estimate of drug-likeness (QED) is 0.587. The van der Waals surface area contributed by atoms with Crippen LogP contribution in [-0.2, 0) is 16.1 Å². The molecule has 2 aliphatic rings. The maximum atomic E-state index is 13.7. The number of rotatable bonds is 6. The van der Waals surface area contributed by atoms with Crippen molar-refractivity contribution in [3.63, 3.8) is 0 Å². The maximum Gasteiger partial charge on any atom is 0.248 e. The first-order valence-corrected chi connectivity index (χ1v) is 12.3. The van der Waals surface area contributed by atoms with Crippen LogP contribution in [0.2, 0.25) is 5.02 Å². The number of carbonyl (C=O) groups excluding carboxylic acids is 2. The summed E-state index contributed by atoms with van der Waals surface area (Å²) >= 11 is 9.64. The van der Waals surface area contributed by atoms with E-state index in [0.717, 1.165) is 28.6 Å². The molecular weight excluding hydrogens is 510 g/mol. The molecule has 2 aromatic rings. The molecule has 2 amide bonds. The van der Waals surface area contributed by atoms with Gasteiger partial charge in [-0.25, -0.2) is 4.68 Å². The van der Waals surface area contributed by atoms with Gasteiger partial charge in [0.25, 0.3) is 0 Å². The molecule has 1 aliphatic heterocycles. The lowest BCUT2D eigenvalue weighted by Gasteiger charge is -2.34. The van der Waals surface area contributed by atoms with Crippen molar-refractivity contribution in [2.75, 3.05) is 6.54 Å². The molecule has 178 valence electrons. The highest BCUT2D eigenvalue weighted by molar-refractivity contribution is 9.10. The summed E-state index contributed by atoms with van der Waals surface area (Å²) in [4.78, 5) is 28.3. The zero-order valence-electron chi connectivity index (χ0n) is 19.0. The van der Waals surface area contributed by atoms with E-state index in [1.165, 1.54) is 4.90 Å². The van der Waals surface area contributed by atoms with Gasteiger partial charge in [0.15, 0.2) is 0 Å². The Morgan fingerprint density at radius 2 is 2.06 bits per heavy atom. The monoisotopic (exact) mass is 537 g/mol. The van der Waals surface area contributed by atoms with Crippen LogP contribution >= 0.6 is 27.5 Å². The minimum atomic E-state index is -0.769. The van der Waals surface area contributed by atoms with Crippen LogP contribution in [0.15, 0.2) is 28.9 Å². The molecule has 1 aliphatic carbocycles. The molecule has 2 heterocycles. The summed E-state index contributed by atoms with van der Waals surface area (Å²) < 4.78 is 2.48. The molecule has 4 rings (SSSR count). The van der Waals surface area contributed by atoms with Crippen LogP contribution in [0, 0.1) is 5.41 Å². The smallest absolute Gasteiger partial charge is 0.248 e. The first-order chi connectivity index (χ1) is 15.5. The third-order valence-corrected chi connectivity index (χ3v) is 7.03. The normalized spacial score (nSPS) is 21.8. The highest BCUT2D eigenvalue weighted by Gasteiger charge is 2.45. The number of carbonyl (C=O) groups is 2. The van der Waals surface area contributed by atoms with Crippen molar-refractivity contribution in [3.8, 4) is 0 Å². The van der Waals surface area contributed by atoms with Crippen LogP contribution in [-0.4, -0.2) is 55.5 Å². The molecule has 0 unspecified atom stereocenters. The number of amides is 2. The van der Waals surface area contributed by atoms with Crippen molar-refractivity contribution in [2.24, 2.45) is 5.41 Å². The number of benzene rings is 1. The van der Waals surface area contributed by atoms with Gasteiger partial charge < -0.3 is 15.3 Å². The molecule has 2 N–H and O–H groups in total. The highest BCUT2D eigenvalue weighted by atomic mass is 79.9. The van der Waals surface area contributed by atoms with E-state index in [0.29, 0.717) is 10.9 Å². The summed E-state index contributed by atoms with van der Waals surface area (Å²) in [7, 11) is 0. The molecule has 1 saturated heterocycles. The Morgan fingerprint density at radius 1 is 1.33 bits per heavy atom. The minimum absolute atomic E-state index is 0.103. The average molecular weight is 539 g/mol. The number of likely N-dealkylation sites (tertiary alicyclic amines) is 1. The zero-order valence-corrected chi connectivity index (χ0v) is 21.3. The van der Waals surface area contributed by atoms with E-state index >= 15 is 0 Å². The Bertz CT molecular complexity index is 1050. The Labute approximate surface area is 206 Å². The van der Waals surface area contributed by atoms with Crippen LogP contribution < -0.4 is 5.32 Å². The Hall–Kier alpha value is -1.97. The average Bonchev–Trinajstić information content (AvgIpc) is 3.35. The number of aliphatic hydroxyl groups excluding tert-OH is 1. The predicted octanol–water partition coefficient (Wildman–Crippen LogP) is 3.44. The van der Waals surface area contributed by atoms with Gasteiger partial charge in [0.1, 0.15) is 12.1 Å². The fourth-order valence-corrected chi connectivity index (χ4v) is 4.90. The SMILES string of the molecule is CC(C)(C)[C@@H](C(=O)N1C[C@H](O)C[C@H]1C(=O)NCc1cc(Br)ccc1Cl)n1cc(C2CC2)nn1. The van der Waals surface area contributed by atoms with E-state index in [1.54, 1.807) is 10.7 Å². The van der Waals surface area contributed by atoms with Crippen molar-refractivity contribution in [2.45, 2.75) is 70.7 Å². The van der Waals surface area contributed by atoms with Crippen LogP contribution in [0.25, 0.3) is 0 Å². The molecular formula is C23H29BrClN5O3. The third kappa shape index (κ3) is 5.41. The van der Waals surface area contributed by atoms with Crippen molar-refractivity contribution in [1.82, 2.24) is 25.2 Å². The number of nitrogens with one attached hydrogen (secondary N) is 1. The van der Waals surface area contributed by atoms with Gasteiger partial charge in [0.2, 0.25) is 11.8 Å². The topological polar surface area (TPSA) is 100 Å². The predicted molar refractivity (Wildman–Crippen MR) is 128 cm³/mol. The number of hydrogen-bond acceptors (Lipinski definition) is 5. The standard InChI is InChI=1S/C23H29BrClN5O3/c1-23(2,3)20(30-12-18(27-28-30)13-4-5-13)22(33)29-11-16(31)9-19(29)21(32)26-10-14-8-15(24)6-7-17(14)25/h6-8,12-13,16,19-20,31H,4-5,9-11H2,1-3H3,(H,26,32)/t16-,19+,20-/m1/s1. The molecule has 1 saturated carbocycles. The summed E-state index contributed by atoms with van der Waals surface area (Å²) in [6, 6.07) is 4.01. The Kier molecular flexibility index (Phi) is 6.85. The van der Waals surface area contributed by atoms with E-state index in [1.807, 2.05) is 39.1 Å². The van der Waals surface area contributed by atoms with Gasteiger partial charge in [-0.1, -0.05) is 53.5 Å². The lowest BCUT2D eigenvalue weighted by Crippen LogP contribution is -2.50. The Morgan fingerprint density at radius 3 is 2.73 bits per heavy atom. The lowest BCUT2D eigenvalue weighted by atomic mass is 9.85. The molecule has 1 aromatic heterocycles. The first kappa shape index (κ1) is 24.2. The van der Waals surface area contributed by atoms with E-state index < -0.39 is 23.6 Å². The number of β-amino-alcohol motifs (C(OH)–C–C–N with tert-alkyl or cyclic N) is 1. The van der Waals surface area contributed by atoms with E-state index in [2.05, 4.69) is 31.6 Å². The highest BCUT2D eigenvalue weighted by Crippen LogP contribution is 2.40. The molecule has 10 heteroatoms. The Balaban J connectivity index is 1.52. The van der Waals surface area contributed by atoms with Gasteiger partial charge in [-0.3, -0.25) is 9.59 Å². The second-order valence-corrected chi connectivity index (χ2v) is 11.3. The van der Waals surface area contributed by atoms with E-state index in [-0.39, 0.29) is 31.3 Å². The van der Waals surface area contributed by atoms with Gasteiger partial charge in [-0.15, -0.1) is 5.10 Å². The number of aromatic nitrogens is 3. The van der Waals surface area contributed by atoms with Gasteiger partial charge in [0.05, 0.1) is 11.8 Å². The largest absolute Gasteiger partial charge is 0.391 e. The maximum absolute atomic E-state index is 13.7. The second-order valence-electron chi connectivity index (χ2n) is 10.0. The van der Waals surface area contributed by atoms with E-state index in [9.17, 15) is 14.7 Å². The number of halogens is 2. The minimum Gasteiger partial charge on any atom is -0.391 e. The van der Waals surface area contributed by atoms with Gasteiger partial charge in [0, 0.05) is 41.1 Å². The molecule has 0 radical (unpaired) electrons. The fourth-order valence-electron chi connectivity index (χ4n) is 4.31. The van der Waals surface area contributed by atoms with Crippen LogP contribution in [0.3, 0.4) is 0 Å². The number of hydrogen-bond donors (Lipinski definition) is 2. The van der Waals surface area contributed by atoms with Crippen LogP contribution in [0.5, 0.6) is 0 Å².